The Hall–Kier alpha value is -0.460. The number of hydrogen-bond donors (Lipinski definition) is 0. The molecule has 0 atom stereocenters. The molecule has 16 heavy (non-hydrogen) atoms. The van der Waals surface area contributed by atoms with E-state index in [0.29, 0.717) is 0 Å². The standard InChI is InChI=1S/C15H30O/c1-4-5-6-7-8-9-10-11-12-13-15(2)14-16-3/h14H,4-13H2,1-3H3/b15-14+. The van der Waals surface area contributed by atoms with E-state index in [2.05, 4.69) is 13.8 Å². The molecule has 0 rings (SSSR count). The van der Waals surface area contributed by atoms with Crippen LogP contribution in [0.2, 0.25) is 0 Å². The van der Waals surface area contributed by atoms with Crippen molar-refractivity contribution in [2.45, 2.75) is 78.1 Å². The lowest BCUT2D eigenvalue weighted by Gasteiger charge is -2.02. The Morgan fingerprint density at radius 3 is 1.88 bits per heavy atom. The third kappa shape index (κ3) is 11.6. The topological polar surface area (TPSA) is 9.23 Å². The molecular formula is C15H30O. The second-order valence-electron chi connectivity index (χ2n) is 4.78. The second kappa shape index (κ2) is 12.6. The average molecular weight is 226 g/mol. The van der Waals surface area contributed by atoms with Crippen LogP contribution in [0.1, 0.15) is 78.1 Å². The molecule has 0 spiro atoms. The van der Waals surface area contributed by atoms with Gasteiger partial charge in [0.1, 0.15) is 0 Å². The summed E-state index contributed by atoms with van der Waals surface area (Å²) in [4.78, 5) is 0. The zero-order valence-corrected chi connectivity index (χ0v) is 11.6. The van der Waals surface area contributed by atoms with Gasteiger partial charge in [-0.3, -0.25) is 0 Å². The molecule has 0 N–H and O–H groups in total. The first-order valence-corrected chi connectivity index (χ1v) is 6.99. The molecule has 1 heteroatoms. The Bertz CT molecular complexity index is 161. The fourth-order valence-corrected chi connectivity index (χ4v) is 1.97. The maximum Gasteiger partial charge on any atom is 0.0813 e. The summed E-state index contributed by atoms with van der Waals surface area (Å²) in [6.45, 7) is 4.42. The molecule has 0 unspecified atom stereocenters. The molecule has 0 bridgehead atoms. The Kier molecular flexibility index (Phi) is 12.2. The number of ether oxygens (including phenoxy) is 1. The van der Waals surface area contributed by atoms with Crippen LogP contribution in [-0.4, -0.2) is 7.11 Å². The van der Waals surface area contributed by atoms with E-state index < -0.39 is 0 Å². The van der Waals surface area contributed by atoms with E-state index in [1.54, 1.807) is 7.11 Å². The van der Waals surface area contributed by atoms with Crippen molar-refractivity contribution in [3.05, 3.63) is 11.8 Å². The van der Waals surface area contributed by atoms with Crippen LogP contribution in [0.4, 0.5) is 0 Å². The van der Waals surface area contributed by atoms with Crippen LogP contribution < -0.4 is 0 Å². The van der Waals surface area contributed by atoms with Crippen LogP contribution in [0, 0.1) is 0 Å². The van der Waals surface area contributed by atoms with Crippen molar-refractivity contribution in [3.8, 4) is 0 Å². The van der Waals surface area contributed by atoms with E-state index in [4.69, 9.17) is 4.74 Å². The van der Waals surface area contributed by atoms with Crippen LogP contribution in [0.15, 0.2) is 11.8 Å². The van der Waals surface area contributed by atoms with Gasteiger partial charge in [-0.25, -0.2) is 0 Å². The van der Waals surface area contributed by atoms with Gasteiger partial charge in [0.05, 0.1) is 13.4 Å². The molecule has 0 aliphatic rings. The van der Waals surface area contributed by atoms with E-state index in [-0.39, 0.29) is 0 Å². The molecule has 0 heterocycles. The number of rotatable bonds is 11. The second-order valence-corrected chi connectivity index (χ2v) is 4.78. The molecule has 0 fully saturated rings. The van der Waals surface area contributed by atoms with Crippen molar-refractivity contribution in [2.75, 3.05) is 7.11 Å². The number of hydrogen-bond acceptors (Lipinski definition) is 1. The maximum atomic E-state index is 4.97. The first-order chi connectivity index (χ1) is 7.81. The lowest BCUT2D eigenvalue weighted by atomic mass is 10.1. The highest BCUT2D eigenvalue weighted by molar-refractivity contribution is 4.92. The Balaban J connectivity index is 3.07. The van der Waals surface area contributed by atoms with E-state index in [9.17, 15) is 0 Å². The SMILES string of the molecule is CCCCCCCCCCC/C(C)=C/OC. The van der Waals surface area contributed by atoms with Crippen LogP contribution >= 0.6 is 0 Å². The first-order valence-electron chi connectivity index (χ1n) is 6.99. The van der Waals surface area contributed by atoms with Crippen molar-refractivity contribution in [3.63, 3.8) is 0 Å². The predicted octanol–water partition coefficient (Wildman–Crippen LogP) is 5.46. The number of allylic oxidation sites excluding steroid dienone is 1. The molecule has 0 aromatic rings. The van der Waals surface area contributed by atoms with Gasteiger partial charge in [-0.2, -0.15) is 0 Å². The fourth-order valence-electron chi connectivity index (χ4n) is 1.97. The van der Waals surface area contributed by atoms with Gasteiger partial charge in [0.2, 0.25) is 0 Å². The molecule has 1 nitrogen and oxygen atoms in total. The normalized spacial score (nSPS) is 11.8. The third-order valence-corrected chi connectivity index (χ3v) is 2.99. The van der Waals surface area contributed by atoms with Crippen molar-refractivity contribution < 1.29 is 4.74 Å². The molecule has 0 saturated heterocycles. The monoisotopic (exact) mass is 226 g/mol. The van der Waals surface area contributed by atoms with Crippen LogP contribution in [0.5, 0.6) is 0 Å². The van der Waals surface area contributed by atoms with Gasteiger partial charge in [-0.1, -0.05) is 58.3 Å². The van der Waals surface area contributed by atoms with Crippen LogP contribution in [0.3, 0.4) is 0 Å². The van der Waals surface area contributed by atoms with Gasteiger partial charge < -0.3 is 4.74 Å². The predicted molar refractivity (Wildman–Crippen MR) is 72.6 cm³/mol. The minimum absolute atomic E-state index is 1.20. The minimum atomic E-state index is 1.20. The van der Waals surface area contributed by atoms with E-state index in [1.807, 2.05) is 6.26 Å². The van der Waals surface area contributed by atoms with E-state index >= 15 is 0 Å². The summed E-state index contributed by atoms with van der Waals surface area (Å²) in [5.41, 5.74) is 1.37. The zero-order chi connectivity index (χ0) is 12.1. The third-order valence-electron chi connectivity index (χ3n) is 2.99. The summed E-state index contributed by atoms with van der Waals surface area (Å²) in [6.07, 6.45) is 15.7. The first kappa shape index (κ1) is 15.5. The molecule has 0 aromatic heterocycles. The summed E-state index contributed by atoms with van der Waals surface area (Å²) >= 11 is 0. The molecule has 0 radical (unpaired) electrons. The molecule has 0 aliphatic heterocycles. The quantitative estimate of drug-likeness (QED) is 0.336. The van der Waals surface area contributed by atoms with E-state index in [1.165, 1.54) is 69.8 Å². The summed E-state index contributed by atoms with van der Waals surface area (Å²) in [5.74, 6) is 0. The van der Waals surface area contributed by atoms with Crippen molar-refractivity contribution in [2.24, 2.45) is 0 Å². The van der Waals surface area contributed by atoms with Gasteiger partial charge in [0.15, 0.2) is 0 Å². The van der Waals surface area contributed by atoms with Gasteiger partial charge >= 0.3 is 0 Å². The van der Waals surface area contributed by atoms with E-state index in [0.717, 1.165) is 0 Å². The number of methoxy groups -OCH3 is 1. The fraction of sp³-hybridized carbons (Fsp3) is 0.867. The van der Waals surface area contributed by atoms with Gasteiger partial charge in [-0.05, 0) is 25.3 Å². The smallest absolute Gasteiger partial charge is 0.0813 e. The average Bonchev–Trinajstić information content (AvgIpc) is 2.27. The minimum Gasteiger partial charge on any atom is -0.504 e. The lowest BCUT2D eigenvalue weighted by Crippen LogP contribution is -1.83. The van der Waals surface area contributed by atoms with Crippen molar-refractivity contribution in [1.29, 1.82) is 0 Å². The van der Waals surface area contributed by atoms with Gasteiger partial charge in [0, 0.05) is 0 Å². The molecular weight excluding hydrogens is 196 g/mol. The summed E-state index contributed by atoms with van der Waals surface area (Å²) < 4.78 is 4.97. The van der Waals surface area contributed by atoms with Gasteiger partial charge in [-0.15, -0.1) is 0 Å². The molecule has 0 amide bonds. The Morgan fingerprint density at radius 1 is 0.875 bits per heavy atom. The molecule has 0 aliphatic carbocycles. The Morgan fingerprint density at radius 2 is 1.38 bits per heavy atom. The molecule has 0 aromatic carbocycles. The number of unbranched alkanes of at least 4 members (excludes halogenated alkanes) is 8. The zero-order valence-electron chi connectivity index (χ0n) is 11.6. The van der Waals surface area contributed by atoms with Gasteiger partial charge in [0.25, 0.3) is 0 Å². The summed E-state index contributed by atoms with van der Waals surface area (Å²) in [5, 5.41) is 0. The Labute approximate surface area is 102 Å². The highest BCUT2D eigenvalue weighted by atomic mass is 16.5. The largest absolute Gasteiger partial charge is 0.504 e. The van der Waals surface area contributed by atoms with Crippen molar-refractivity contribution in [1.82, 2.24) is 0 Å². The van der Waals surface area contributed by atoms with Crippen molar-refractivity contribution >= 4 is 0 Å². The molecule has 0 saturated carbocycles. The summed E-state index contributed by atoms with van der Waals surface area (Å²) in [7, 11) is 1.72. The maximum absolute atomic E-state index is 4.97. The van der Waals surface area contributed by atoms with Crippen LogP contribution in [0.25, 0.3) is 0 Å². The highest BCUT2D eigenvalue weighted by Gasteiger charge is 1.93. The highest BCUT2D eigenvalue weighted by Crippen LogP contribution is 2.12. The summed E-state index contributed by atoms with van der Waals surface area (Å²) in [6, 6.07) is 0. The molecule has 96 valence electrons. The lowest BCUT2D eigenvalue weighted by molar-refractivity contribution is 0.332. The van der Waals surface area contributed by atoms with Crippen LogP contribution in [-0.2, 0) is 4.74 Å².